The van der Waals surface area contributed by atoms with Gasteiger partial charge in [0.25, 0.3) is 5.91 Å². The molecule has 32 heavy (non-hydrogen) atoms. The molecule has 0 atom stereocenters. The maximum Gasteiger partial charge on any atom is 0.289 e. The van der Waals surface area contributed by atoms with Crippen LogP contribution in [0.15, 0.2) is 90.0 Å². The number of phenolic OH excluding ortho intramolecular Hbond substituents is 1. The molecule has 0 radical (unpaired) electrons. The number of ether oxygens (including phenoxy) is 1. The molecule has 1 amide bonds. The third kappa shape index (κ3) is 5.60. The molecule has 4 aromatic rings. The molecule has 0 aliphatic rings. The van der Waals surface area contributed by atoms with Gasteiger partial charge in [-0.1, -0.05) is 42.5 Å². The van der Waals surface area contributed by atoms with E-state index in [9.17, 15) is 9.90 Å². The normalized spacial score (nSPS) is 10.9. The number of aromatic amines is 1. The number of aromatic nitrogens is 2. The first-order chi connectivity index (χ1) is 15.7. The first kappa shape index (κ1) is 20.9. The number of carbonyl (C=O) groups is 1. The van der Waals surface area contributed by atoms with Crippen molar-refractivity contribution >= 4 is 12.1 Å². The summed E-state index contributed by atoms with van der Waals surface area (Å²) in [5, 5.41) is 20.3. The first-order valence-corrected chi connectivity index (χ1v) is 10.1. The van der Waals surface area contributed by atoms with Gasteiger partial charge in [-0.25, -0.2) is 5.43 Å². The first-order valence-electron chi connectivity index (χ1n) is 10.1. The summed E-state index contributed by atoms with van der Waals surface area (Å²) in [4.78, 5) is 12.3. The van der Waals surface area contributed by atoms with E-state index in [-0.39, 0.29) is 11.4 Å². The van der Waals surface area contributed by atoms with E-state index in [0.29, 0.717) is 17.9 Å². The van der Waals surface area contributed by atoms with Gasteiger partial charge in [-0.05, 0) is 53.6 Å². The Bertz CT molecular complexity index is 1200. The summed E-state index contributed by atoms with van der Waals surface area (Å²) in [7, 11) is 0. The molecule has 160 valence electrons. The minimum atomic E-state index is -0.416. The Morgan fingerprint density at radius 1 is 1.03 bits per heavy atom. The summed E-state index contributed by atoms with van der Waals surface area (Å²) in [6, 6.07) is 26.0. The van der Waals surface area contributed by atoms with Crippen LogP contribution in [0, 0.1) is 0 Å². The van der Waals surface area contributed by atoms with Gasteiger partial charge in [0.2, 0.25) is 0 Å². The number of carbonyl (C=O) groups excluding carboxylic acids is 1. The molecule has 1 aromatic heterocycles. The molecule has 0 spiro atoms. The van der Waals surface area contributed by atoms with Gasteiger partial charge in [-0.15, -0.1) is 0 Å². The molecule has 3 N–H and O–H groups in total. The van der Waals surface area contributed by atoms with Crippen LogP contribution in [0.4, 0.5) is 0 Å². The lowest BCUT2D eigenvalue weighted by atomic mass is 10.1. The van der Waals surface area contributed by atoms with Crippen LogP contribution in [0.1, 0.15) is 21.6 Å². The van der Waals surface area contributed by atoms with Crippen molar-refractivity contribution in [2.75, 3.05) is 6.61 Å². The number of amides is 1. The molecule has 0 fully saturated rings. The summed E-state index contributed by atoms with van der Waals surface area (Å²) in [5.74, 6) is 0.492. The number of nitrogens with zero attached hydrogens (tertiary/aromatic N) is 2. The molecule has 7 heteroatoms. The standard InChI is InChI=1S/C25H22N4O3/c30-21-8-4-7-19(15-21)17-26-29-25(31)24-16-23(27-28-24)20-9-11-22(12-10-20)32-14-13-18-5-2-1-3-6-18/h1-12,15-17,30H,13-14H2,(H,27,28)(H,29,31)/b26-17+. The van der Waals surface area contributed by atoms with Crippen LogP contribution in [0.25, 0.3) is 11.3 Å². The molecule has 1 heterocycles. The van der Waals surface area contributed by atoms with E-state index in [1.54, 1.807) is 30.3 Å². The zero-order valence-corrected chi connectivity index (χ0v) is 17.2. The van der Waals surface area contributed by atoms with Crippen LogP contribution >= 0.6 is 0 Å². The fraction of sp³-hybridized carbons (Fsp3) is 0.0800. The topological polar surface area (TPSA) is 99.6 Å². The lowest BCUT2D eigenvalue weighted by Crippen LogP contribution is -2.17. The van der Waals surface area contributed by atoms with Gasteiger partial charge in [0.15, 0.2) is 0 Å². The summed E-state index contributed by atoms with van der Waals surface area (Å²) in [5.41, 5.74) is 6.13. The summed E-state index contributed by atoms with van der Waals surface area (Å²) >= 11 is 0. The average Bonchev–Trinajstić information content (AvgIpc) is 3.31. The number of aromatic hydroxyl groups is 1. The van der Waals surface area contributed by atoms with E-state index >= 15 is 0 Å². The van der Waals surface area contributed by atoms with Gasteiger partial charge in [0, 0.05) is 12.0 Å². The van der Waals surface area contributed by atoms with Crippen molar-refractivity contribution in [1.29, 1.82) is 0 Å². The quantitative estimate of drug-likeness (QED) is 0.291. The number of hydrazone groups is 1. The molecule has 4 rings (SSSR count). The van der Waals surface area contributed by atoms with Crippen LogP contribution in [-0.4, -0.2) is 34.0 Å². The number of rotatable bonds is 8. The van der Waals surface area contributed by atoms with Crippen molar-refractivity contribution in [2.45, 2.75) is 6.42 Å². The molecule has 0 aliphatic heterocycles. The van der Waals surface area contributed by atoms with Gasteiger partial charge in [-0.2, -0.15) is 10.2 Å². The molecule has 7 nitrogen and oxygen atoms in total. The number of hydrogen-bond acceptors (Lipinski definition) is 5. The Hall–Kier alpha value is -4.39. The van der Waals surface area contributed by atoms with E-state index in [1.807, 2.05) is 42.5 Å². The SMILES string of the molecule is O=C(N/N=C/c1cccc(O)c1)c1cc(-c2ccc(OCCc3ccccc3)cc2)n[nH]1. The second kappa shape index (κ2) is 10.1. The monoisotopic (exact) mass is 426 g/mol. The van der Waals surface area contributed by atoms with Crippen molar-refractivity contribution < 1.29 is 14.6 Å². The molecule has 0 saturated heterocycles. The minimum Gasteiger partial charge on any atom is -0.508 e. The fourth-order valence-corrected chi connectivity index (χ4v) is 3.07. The summed E-state index contributed by atoms with van der Waals surface area (Å²) < 4.78 is 5.81. The third-order valence-corrected chi connectivity index (χ3v) is 4.72. The Balaban J connectivity index is 1.31. The molecular weight excluding hydrogens is 404 g/mol. The lowest BCUT2D eigenvalue weighted by molar-refractivity contribution is 0.0950. The maximum absolute atomic E-state index is 12.3. The summed E-state index contributed by atoms with van der Waals surface area (Å²) in [6.45, 7) is 0.596. The number of phenols is 1. The predicted octanol–water partition coefficient (Wildman–Crippen LogP) is 4.17. The maximum atomic E-state index is 12.3. The molecule has 0 bridgehead atoms. The van der Waals surface area contributed by atoms with Crippen LogP contribution in [-0.2, 0) is 6.42 Å². The number of H-pyrrole nitrogens is 1. The average molecular weight is 426 g/mol. The smallest absolute Gasteiger partial charge is 0.289 e. The zero-order chi connectivity index (χ0) is 22.2. The highest BCUT2D eigenvalue weighted by Crippen LogP contribution is 2.21. The van der Waals surface area contributed by atoms with Crippen LogP contribution in [0.2, 0.25) is 0 Å². The van der Waals surface area contributed by atoms with Crippen LogP contribution < -0.4 is 10.2 Å². The highest BCUT2D eigenvalue weighted by molar-refractivity contribution is 5.94. The van der Waals surface area contributed by atoms with E-state index < -0.39 is 5.91 Å². The molecule has 0 saturated carbocycles. The second-order valence-corrected chi connectivity index (χ2v) is 7.07. The number of hydrogen-bond donors (Lipinski definition) is 3. The highest BCUT2D eigenvalue weighted by Gasteiger charge is 2.10. The van der Waals surface area contributed by atoms with Crippen molar-refractivity contribution in [3.8, 4) is 22.8 Å². The van der Waals surface area contributed by atoms with Gasteiger partial charge in [-0.3, -0.25) is 9.89 Å². The van der Waals surface area contributed by atoms with Crippen LogP contribution in [0.3, 0.4) is 0 Å². The van der Waals surface area contributed by atoms with Crippen molar-refractivity contribution in [3.05, 3.63) is 102 Å². The third-order valence-electron chi connectivity index (χ3n) is 4.72. The number of nitrogens with one attached hydrogen (secondary N) is 2. The van der Waals surface area contributed by atoms with Gasteiger partial charge < -0.3 is 9.84 Å². The van der Waals surface area contributed by atoms with Crippen molar-refractivity contribution in [2.24, 2.45) is 5.10 Å². The van der Waals surface area contributed by atoms with Gasteiger partial charge >= 0.3 is 0 Å². The van der Waals surface area contributed by atoms with Crippen LogP contribution in [0.5, 0.6) is 11.5 Å². The van der Waals surface area contributed by atoms with Crippen molar-refractivity contribution in [1.82, 2.24) is 15.6 Å². The van der Waals surface area contributed by atoms with E-state index in [4.69, 9.17) is 4.74 Å². The minimum absolute atomic E-state index is 0.131. The number of benzene rings is 3. The van der Waals surface area contributed by atoms with Gasteiger partial charge in [0.05, 0.1) is 18.5 Å². The predicted molar refractivity (Wildman–Crippen MR) is 123 cm³/mol. The summed E-state index contributed by atoms with van der Waals surface area (Å²) in [6.07, 6.45) is 2.29. The molecule has 3 aromatic carbocycles. The van der Waals surface area contributed by atoms with E-state index in [2.05, 4.69) is 32.9 Å². The largest absolute Gasteiger partial charge is 0.508 e. The molecular formula is C25H22N4O3. The Morgan fingerprint density at radius 2 is 1.84 bits per heavy atom. The van der Waals surface area contributed by atoms with Gasteiger partial charge in [0.1, 0.15) is 17.2 Å². The second-order valence-electron chi connectivity index (χ2n) is 7.07. The molecule has 0 unspecified atom stereocenters. The van der Waals surface area contributed by atoms with E-state index in [1.165, 1.54) is 11.8 Å². The lowest BCUT2D eigenvalue weighted by Gasteiger charge is -2.06. The van der Waals surface area contributed by atoms with Crippen molar-refractivity contribution in [3.63, 3.8) is 0 Å². The Labute approximate surface area is 185 Å². The highest BCUT2D eigenvalue weighted by atomic mass is 16.5. The fourth-order valence-electron chi connectivity index (χ4n) is 3.07. The Kier molecular flexibility index (Phi) is 6.57. The molecule has 0 aliphatic carbocycles. The zero-order valence-electron chi connectivity index (χ0n) is 17.2. The van der Waals surface area contributed by atoms with E-state index in [0.717, 1.165) is 17.7 Å². The Morgan fingerprint density at radius 3 is 2.62 bits per heavy atom.